The van der Waals surface area contributed by atoms with Crippen molar-refractivity contribution in [3.63, 3.8) is 0 Å². The normalized spacial score (nSPS) is 24.4. The first-order valence-corrected chi connectivity index (χ1v) is 11.5. The summed E-state index contributed by atoms with van der Waals surface area (Å²) in [6, 6.07) is 2.13. The number of hydrogen-bond donors (Lipinski definition) is 2. The standard InChI is InChI=1S/C20H30N6O2S/c1-13-5-3-4-6-16(13)22-18(28)15-8-11-25(12-9-15)19-23-24-20(29-19)26-17(14(2)27)7-10-21-26/h7,10,13-16,27H,3-6,8-9,11-12H2,1-2H3,(H,22,28). The van der Waals surface area contributed by atoms with E-state index in [1.807, 2.05) is 0 Å². The molecule has 3 heterocycles. The number of aliphatic hydroxyl groups is 1. The van der Waals surface area contributed by atoms with E-state index in [2.05, 4.69) is 32.4 Å². The largest absolute Gasteiger partial charge is 0.387 e. The summed E-state index contributed by atoms with van der Waals surface area (Å²) in [6.07, 6.45) is 7.54. The lowest BCUT2D eigenvalue weighted by Crippen LogP contribution is -2.46. The fourth-order valence-corrected chi connectivity index (χ4v) is 5.25. The van der Waals surface area contributed by atoms with Gasteiger partial charge in [0, 0.05) is 31.2 Å². The van der Waals surface area contributed by atoms with Crippen LogP contribution in [0.2, 0.25) is 0 Å². The van der Waals surface area contributed by atoms with Gasteiger partial charge in [0.15, 0.2) is 0 Å². The molecule has 2 aliphatic rings. The topological polar surface area (TPSA) is 96.2 Å². The summed E-state index contributed by atoms with van der Waals surface area (Å²) in [5.74, 6) is 0.890. The Hall–Kier alpha value is -2.00. The molecule has 0 bridgehead atoms. The summed E-state index contributed by atoms with van der Waals surface area (Å²) in [4.78, 5) is 14.9. The molecule has 2 aromatic rings. The van der Waals surface area contributed by atoms with Gasteiger partial charge in [-0.15, -0.1) is 10.2 Å². The molecule has 29 heavy (non-hydrogen) atoms. The van der Waals surface area contributed by atoms with Crippen LogP contribution in [0.4, 0.5) is 5.13 Å². The van der Waals surface area contributed by atoms with E-state index >= 15 is 0 Å². The minimum atomic E-state index is -0.619. The van der Waals surface area contributed by atoms with Crippen molar-refractivity contribution >= 4 is 22.4 Å². The lowest BCUT2D eigenvalue weighted by molar-refractivity contribution is -0.126. The van der Waals surface area contributed by atoms with Crippen LogP contribution in [0.1, 0.15) is 64.2 Å². The number of piperidine rings is 1. The Labute approximate surface area is 175 Å². The van der Waals surface area contributed by atoms with Gasteiger partial charge in [0.25, 0.3) is 0 Å². The van der Waals surface area contributed by atoms with Gasteiger partial charge < -0.3 is 15.3 Å². The zero-order valence-corrected chi connectivity index (χ0v) is 17.9. The zero-order chi connectivity index (χ0) is 20.4. The first kappa shape index (κ1) is 20.3. The number of nitrogens with one attached hydrogen (secondary N) is 1. The van der Waals surface area contributed by atoms with Gasteiger partial charge in [-0.3, -0.25) is 4.79 Å². The number of aromatic nitrogens is 4. The highest BCUT2D eigenvalue weighted by atomic mass is 32.1. The van der Waals surface area contributed by atoms with Crippen molar-refractivity contribution in [3.05, 3.63) is 18.0 Å². The molecule has 0 radical (unpaired) electrons. The molecular weight excluding hydrogens is 388 g/mol. The number of nitrogens with zero attached hydrogens (tertiary/aromatic N) is 5. The average molecular weight is 419 g/mol. The van der Waals surface area contributed by atoms with Gasteiger partial charge in [-0.25, -0.2) is 4.68 Å². The van der Waals surface area contributed by atoms with Crippen LogP contribution in [0, 0.1) is 11.8 Å². The van der Waals surface area contributed by atoms with Gasteiger partial charge in [0.1, 0.15) is 0 Å². The van der Waals surface area contributed by atoms with Gasteiger partial charge in [-0.1, -0.05) is 31.1 Å². The minimum Gasteiger partial charge on any atom is -0.387 e. The zero-order valence-electron chi connectivity index (χ0n) is 17.1. The van der Waals surface area contributed by atoms with Crippen molar-refractivity contribution in [2.45, 2.75) is 64.5 Å². The minimum absolute atomic E-state index is 0.0840. The highest BCUT2D eigenvalue weighted by molar-refractivity contribution is 7.17. The van der Waals surface area contributed by atoms with E-state index in [1.54, 1.807) is 23.9 Å². The van der Waals surface area contributed by atoms with Crippen LogP contribution in [-0.4, -0.2) is 50.1 Å². The van der Waals surface area contributed by atoms with Crippen LogP contribution in [0.15, 0.2) is 12.3 Å². The molecule has 9 heteroatoms. The molecular formula is C20H30N6O2S. The van der Waals surface area contributed by atoms with Crippen LogP contribution < -0.4 is 10.2 Å². The summed E-state index contributed by atoms with van der Waals surface area (Å²) in [7, 11) is 0. The van der Waals surface area contributed by atoms with Gasteiger partial charge >= 0.3 is 0 Å². The first-order valence-electron chi connectivity index (χ1n) is 10.6. The SMILES string of the molecule is CC(O)c1ccnn1-c1nnc(N2CCC(C(=O)NC3CCCCC3C)CC2)s1. The van der Waals surface area contributed by atoms with E-state index in [1.165, 1.54) is 30.6 Å². The fraction of sp³-hybridized carbons (Fsp3) is 0.700. The lowest BCUT2D eigenvalue weighted by Gasteiger charge is -2.34. The van der Waals surface area contributed by atoms with Crippen LogP contribution in [0.25, 0.3) is 5.13 Å². The van der Waals surface area contributed by atoms with Gasteiger partial charge in [-0.05, 0) is 44.6 Å². The van der Waals surface area contributed by atoms with Gasteiger partial charge in [-0.2, -0.15) is 5.10 Å². The number of aliphatic hydroxyl groups excluding tert-OH is 1. The third kappa shape index (κ3) is 4.45. The van der Waals surface area contributed by atoms with Crippen LogP contribution in [0.5, 0.6) is 0 Å². The second kappa shape index (κ2) is 8.79. The Bertz CT molecular complexity index is 827. The Morgan fingerprint density at radius 2 is 1.93 bits per heavy atom. The molecule has 0 aromatic carbocycles. The molecule has 1 saturated heterocycles. The Morgan fingerprint density at radius 3 is 2.66 bits per heavy atom. The maximum absolute atomic E-state index is 12.7. The highest BCUT2D eigenvalue weighted by Crippen LogP contribution is 2.30. The van der Waals surface area contributed by atoms with Crippen molar-refractivity contribution in [2.75, 3.05) is 18.0 Å². The monoisotopic (exact) mass is 418 g/mol. The molecule has 2 fully saturated rings. The van der Waals surface area contributed by atoms with Crippen molar-refractivity contribution in [1.82, 2.24) is 25.3 Å². The number of amides is 1. The van der Waals surface area contributed by atoms with Crippen molar-refractivity contribution in [3.8, 4) is 5.13 Å². The molecule has 3 unspecified atom stereocenters. The van der Waals surface area contributed by atoms with Gasteiger partial charge in [0.2, 0.25) is 16.2 Å². The van der Waals surface area contributed by atoms with E-state index in [-0.39, 0.29) is 11.8 Å². The third-order valence-electron chi connectivity index (χ3n) is 6.26. The van der Waals surface area contributed by atoms with Crippen molar-refractivity contribution in [2.24, 2.45) is 11.8 Å². The lowest BCUT2D eigenvalue weighted by atomic mass is 9.85. The third-order valence-corrected chi connectivity index (χ3v) is 7.22. The first-order chi connectivity index (χ1) is 14.0. The highest BCUT2D eigenvalue weighted by Gasteiger charge is 2.30. The predicted octanol–water partition coefficient (Wildman–Crippen LogP) is 2.69. The smallest absolute Gasteiger partial charge is 0.234 e. The molecule has 2 N–H and O–H groups in total. The van der Waals surface area contributed by atoms with E-state index in [0.717, 1.165) is 37.5 Å². The molecule has 0 spiro atoms. The number of hydrogen-bond acceptors (Lipinski definition) is 7. The molecule has 3 atom stereocenters. The molecule has 1 saturated carbocycles. The van der Waals surface area contributed by atoms with Gasteiger partial charge in [0.05, 0.1) is 11.8 Å². The number of rotatable bonds is 5. The Morgan fingerprint density at radius 1 is 1.21 bits per heavy atom. The van der Waals surface area contributed by atoms with E-state index < -0.39 is 6.10 Å². The summed E-state index contributed by atoms with van der Waals surface area (Å²) < 4.78 is 1.64. The molecule has 8 nitrogen and oxygen atoms in total. The maximum atomic E-state index is 12.7. The van der Waals surface area contributed by atoms with E-state index in [9.17, 15) is 9.90 Å². The summed E-state index contributed by atoms with van der Waals surface area (Å²) in [6.45, 7) is 5.56. The molecule has 1 aliphatic heterocycles. The van der Waals surface area contributed by atoms with Crippen LogP contribution >= 0.6 is 11.3 Å². The molecule has 1 amide bonds. The molecule has 1 aliphatic carbocycles. The molecule has 158 valence electrons. The summed E-state index contributed by atoms with van der Waals surface area (Å²) >= 11 is 1.46. The number of anilines is 1. The second-order valence-corrected chi connectivity index (χ2v) is 9.28. The molecule has 4 rings (SSSR count). The molecule has 2 aromatic heterocycles. The maximum Gasteiger partial charge on any atom is 0.234 e. The van der Waals surface area contributed by atoms with Crippen LogP contribution in [0.3, 0.4) is 0 Å². The number of carbonyl (C=O) groups is 1. The van der Waals surface area contributed by atoms with E-state index in [4.69, 9.17) is 0 Å². The number of carbonyl (C=O) groups excluding carboxylic acids is 1. The summed E-state index contributed by atoms with van der Waals surface area (Å²) in [5.41, 5.74) is 0.694. The fourth-order valence-electron chi connectivity index (χ4n) is 4.38. The predicted molar refractivity (Wildman–Crippen MR) is 112 cm³/mol. The second-order valence-electron chi connectivity index (χ2n) is 8.35. The van der Waals surface area contributed by atoms with Crippen molar-refractivity contribution < 1.29 is 9.90 Å². The Kier molecular flexibility index (Phi) is 6.15. The van der Waals surface area contributed by atoms with Crippen molar-refractivity contribution in [1.29, 1.82) is 0 Å². The van der Waals surface area contributed by atoms with E-state index in [0.29, 0.717) is 22.8 Å². The average Bonchev–Trinajstić information content (AvgIpc) is 3.39. The summed E-state index contributed by atoms with van der Waals surface area (Å²) in [5, 5.41) is 27.5. The Balaban J connectivity index is 1.33. The quantitative estimate of drug-likeness (QED) is 0.775. The van der Waals surface area contributed by atoms with Crippen LogP contribution in [-0.2, 0) is 4.79 Å².